The van der Waals surface area contributed by atoms with Crippen molar-refractivity contribution in [2.24, 2.45) is 0 Å². The van der Waals surface area contributed by atoms with E-state index in [1.54, 1.807) is 5.30 Å². The van der Waals surface area contributed by atoms with E-state index < -0.39 is 18.0 Å². The van der Waals surface area contributed by atoms with Crippen molar-refractivity contribution in [3.05, 3.63) is 101 Å². The van der Waals surface area contributed by atoms with Gasteiger partial charge in [-0.05, 0) is 104 Å². The summed E-state index contributed by atoms with van der Waals surface area (Å²) in [6.45, 7) is 14.1. The molecule has 4 aromatic carbocycles. The van der Waals surface area contributed by atoms with Gasteiger partial charge in [-0.1, -0.05) is 90.8 Å². The third-order valence-corrected chi connectivity index (χ3v) is 15.5. The Balaban J connectivity index is 0.000000370. The zero-order chi connectivity index (χ0) is 41.7. The number of para-hydroxylation sites is 1. The Morgan fingerprint density at radius 1 is 0.707 bits per heavy atom. The van der Waals surface area contributed by atoms with E-state index in [2.05, 4.69) is 83.3 Å². The molecule has 0 radical (unpaired) electrons. The maximum atomic E-state index is 9.19. The van der Waals surface area contributed by atoms with Gasteiger partial charge >= 0.3 is 20.4 Å². The Kier molecular flexibility index (Phi) is 20.5. The predicted octanol–water partition coefficient (Wildman–Crippen LogP) is 13.5. The molecule has 2 saturated carbocycles. The predicted molar refractivity (Wildman–Crippen MR) is 246 cm³/mol. The second-order valence-electron chi connectivity index (χ2n) is 16.6. The average molecular weight is 922 g/mol. The zero-order valence-corrected chi connectivity index (χ0v) is 40.0. The smallest absolute Gasteiger partial charge is 0.694 e. The molecule has 0 spiro atoms. The van der Waals surface area contributed by atoms with Crippen molar-refractivity contribution < 1.29 is 42.9 Å². The second kappa shape index (κ2) is 23.9. The largest absolute Gasteiger partial charge is 2.00 e. The van der Waals surface area contributed by atoms with E-state index in [0.717, 1.165) is 39.6 Å². The zero-order valence-electron chi connectivity index (χ0n) is 36.6. The Hall–Kier alpha value is -2.72. The van der Waals surface area contributed by atoms with Gasteiger partial charge in [0.05, 0.1) is 37.4 Å². The molecule has 0 bridgehead atoms. The third-order valence-electron chi connectivity index (χ3n) is 11.5. The molecule has 6 nitrogen and oxygen atoms in total. The van der Waals surface area contributed by atoms with Gasteiger partial charge in [0.2, 0.25) is 0 Å². The molecule has 9 heteroatoms. The van der Waals surface area contributed by atoms with Gasteiger partial charge in [-0.25, -0.2) is 0 Å². The van der Waals surface area contributed by atoms with Gasteiger partial charge in [-0.3, -0.25) is 4.55 Å². The maximum absolute atomic E-state index is 9.19. The molecule has 1 N–H and O–H groups in total. The molecular weight excluding hydrogens is 852 g/mol. The van der Waals surface area contributed by atoms with E-state index in [1.165, 1.54) is 92.0 Å². The SMILES string of the molecule is COc1ccc(OC)c([PH+](C2CCCCC2)C2CCCCC2)c1-c1c(C(C)C)cc(C(C)C)cc1C(C)C.CS(=O)(=O)O.C[N-]c1ccccc1-c1[c-]cccc1.[Pd+2]. The second-order valence-corrected chi connectivity index (χ2v) is 21.1. The van der Waals surface area contributed by atoms with Gasteiger partial charge in [0.25, 0.3) is 10.1 Å². The van der Waals surface area contributed by atoms with E-state index in [1.807, 2.05) is 63.7 Å². The van der Waals surface area contributed by atoms with E-state index in [9.17, 15) is 8.42 Å². The standard InChI is InChI=1S/C35H53O2P.C13H11N.CH4O3S.Pd/c1-23(2)26-21-29(24(3)4)33(30(22-26)25(5)6)34-31(36-7)19-20-32(37-8)35(34)38(27-15-11-9-12-16-27)28-17-13-10-14-18-28;1-14-13-10-6-5-9-12(13)11-7-3-2-4-8-11;1-5(2,3)4;/h19-25,27-28H,9-18H2,1-8H3;2-7,9-10H,1H3;1H3,(H,2,3,4);/q;-2;;+2/p+1. The summed E-state index contributed by atoms with van der Waals surface area (Å²) in [6, 6.07) is 28.7. The monoisotopic (exact) mass is 920 g/mol. The first-order valence-corrected chi connectivity index (χ1v) is 24.6. The number of benzene rings is 4. The molecule has 0 aromatic heterocycles. The van der Waals surface area contributed by atoms with Gasteiger partial charge in [-0.15, -0.1) is 48.5 Å². The Morgan fingerprint density at radius 3 is 1.62 bits per heavy atom. The van der Waals surface area contributed by atoms with Crippen LogP contribution < -0.4 is 14.8 Å². The van der Waals surface area contributed by atoms with E-state index in [-0.39, 0.29) is 20.4 Å². The first-order valence-electron chi connectivity index (χ1n) is 21.1. The molecule has 0 unspecified atom stereocenters. The Morgan fingerprint density at radius 2 is 1.19 bits per heavy atom. The first-order chi connectivity index (χ1) is 27.2. The molecular formula is C49H69NO5PPdS+. The van der Waals surface area contributed by atoms with Crippen LogP contribution in [-0.2, 0) is 30.5 Å². The number of nitrogens with zero attached hydrogens (tertiary/aromatic N) is 1. The minimum Gasteiger partial charge on any atom is -0.694 e. The Bertz CT molecular complexity index is 1900. The summed E-state index contributed by atoms with van der Waals surface area (Å²) in [6.07, 6.45) is 14.7. The molecule has 0 atom stereocenters. The molecule has 0 aliphatic heterocycles. The van der Waals surface area contributed by atoms with Crippen molar-refractivity contribution in [3.8, 4) is 33.8 Å². The number of rotatable bonds is 11. The number of hydrogen-bond donors (Lipinski definition) is 1. The summed E-state index contributed by atoms with van der Waals surface area (Å²) >= 11 is 0. The summed E-state index contributed by atoms with van der Waals surface area (Å²) in [5.41, 5.74) is 12.1. The minimum atomic E-state index is -3.67. The normalized spacial score (nSPS) is 14.9. The molecule has 2 aliphatic carbocycles. The van der Waals surface area contributed by atoms with Crippen LogP contribution in [0.2, 0.25) is 0 Å². The van der Waals surface area contributed by atoms with Gasteiger partial charge in [0, 0.05) is 7.92 Å². The molecule has 4 aromatic rings. The number of ether oxygens (including phenoxy) is 2. The minimum absolute atomic E-state index is 0. The molecule has 2 aliphatic rings. The van der Waals surface area contributed by atoms with Crippen molar-refractivity contribution >= 4 is 29.0 Å². The maximum Gasteiger partial charge on any atom is 2.00 e. The van der Waals surface area contributed by atoms with E-state index >= 15 is 0 Å². The van der Waals surface area contributed by atoms with Crippen LogP contribution in [0.4, 0.5) is 5.69 Å². The van der Waals surface area contributed by atoms with Crippen LogP contribution in [0, 0.1) is 6.07 Å². The van der Waals surface area contributed by atoms with Crippen LogP contribution in [0.25, 0.3) is 27.6 Å². The summed E-state index contributed by atoms with van der Waals surface area (Å²) in [4.78, 5) is 0. The molecule has 2 fully saturated rings. The number of hydrogen-bond acceptors (Lipinski definition) is 4. The van der Waals surface area contributed by atoms with Crippen LogP contribution in [0.15, 0.2) is 72.8 Å². The van der Waals surface area contributed by atoms with Crippen molar-refractivity contribution in [1.29, 1.82) is 0 Å². The molecule has 6 rings (SSSR count). The summed E-state index contributed by atoms with van der Waals surface area (Å²) < 4.78 is 38.4. The first kappa shape index (κ1) is 49.6. The van der Waals surface area contributed by atoms with Crippen molar-refractivity contribution in [1.82, 2.24) is 0 Å². The van der Waals surface area contributed by atoms with Gasteiger partial charge in [0.15, 0.2) is 5.75 Å². The average Bonchev–Trinajstić information content (AvgIpc) is 3.21. The third kappa shape index (κ3) is 13.7. The molecule has 0 heterocycles. The van der Waals surface area contributed by atoms with Crippen molar-refractivity contribution in [2.75, 3.05) is 27.5 Å². The summed E-state index contributed by atoms with van der Waals surface area (Å²) in [5, 5.41) is 5.78. The van der Waals surface area contributed by atoms with Crippen LogP contribution in [0.3, 0.4) is 0 Å². The van der Waals surface area contributed by atoms with Gasteiger partial charge in [0.1, 0.15) is 11.1 Å². The molecule has 320 valence electrons. The van der Waals surface area contributed by atoms with E-state index in [4.69, 9.17) is 14.0 Å². The molecule has 0 saturated heterocycles. The van der Waals surface area contributed by atoms with Crippen LogP contribution in [-0.4, -0.2) is 51.8 Å². The van der Waals surface area contributed by atoms with Crippen LogP contribution >= 0.6 is 7.92 Å². The van der Waals surface area contributed by atoms with Crippen LogP contribution in [0.5, 0.6) is 11.5 Å². The topological polar surface area (TPSA) is 86.9 Å². The van der Waals surface area contributed by atoms with E-state index in [0.29, 0.717) is 24.0 Å². The molecule has 0 amide bonds. The summed E-state index contributed by atoms with van der Waals surface area (Å²) in [7, 11) is 1.02. The quantitative estimate of drug-likeness (QED) is 0.0701. The fourth-order valence-electron chi connectivity index (χ4n) is 8.71. The van der Waals surface area contributed by atoms with Gasteiger partial charge < -0.3 is 14.8 Å². The van der Waals surface area contributed by atoms with Gasteiger partial charge in [-0.2, -0.15) is 14.1 Å². The molecule has 58 heavy (non-hydrogen) atoms. The van der Waals surface area contributed by atoms with Crippen molar-refractivity contribution in [3.63, 3.8) is 0 Å². The Labute approximate surface area is 366 Å². The fourth-order valence-corrected chi connectivity index (χ4v) is 13.3. The fraction of sp³-hybridized carbons (Fsp3) is 0.510. The summed E-state index contributed by atoms with van der Waals surface area (Å²) in [5.74, 6) is 3.53. The van der Waals surface area contributed by atoms with Crippen molar-refractivity contribution in [2.45, 2.75) is 135 Å². The van der Waals surface area contributed by atoms with Crippen LogP contribution in [0.1, 0.15) is 140 Å². The number of methoxy groups -OCH3 is 2.